The minimum absolute atomic E-state index is 0.139. The summed E-state index contributed by atoms with van der Waals surface area (Å²) in [5, 5.41) is 3.36. The van der Waals surface area contributed by atoms with Crippen LogP contribution in [-0.4, -0.2) is 22.0 Å². The fraction of sp³-hybridized carbons (Fsp3) is 0.357. The third-order valence-corrected chi connectivity index (χ3v) is 3.55. The molecular formula is C14H17N3O2S. The van der Waals surface area contributed by atoms with Gasteiger partial charge in [-0.3, -0.25) is 14.2 Å². The molecule has 106 valence electrons. The van der Waals surface area contributed by atoms with E-state index in [2.05, 4.69) is 17.2 Å². The molecule has 5 nitrogen and oxygen atoms in total. The van der Waals surface area contributed by atoms with Crippen molar-refractivity contribution in [2.24, 2.45) is 7.05 Å². The number of amides is 1. The Balaban J connectivity index is 2.39. The maximum atomic E-state index is 12.0. The molecule has 1 aromatic carbocycles. The summed E-state index contributed by atoms with van der Waals surface area (Å²) < 4.78 is 1.71. The van der Waals surface area contributed by atoms with Gasteiger partial charge in [-0.15, -0.1) is 0 Å². The van der Waals surface area contributed by atoms with Crippen molar-refractivity contribution in [1.29, 1.82) is 0 Å². The summed E-state index contributed by atoms with van der Waals surface area (Å²) in [5.74, 6) is -0.139. The Morgan fingerprint density at radius 1 is 1.45 bits per heavy atom. The zero-order chi connectivity index (χ0) is 14.7. The van der Waals surface area contributed by atoms with Crippen LogP contribution in [0.2, 0.25) is 0 Å². The van der Waals surface area contributed by atoms with Gasteiger partial charge in [0.25, 0.3) is 11.5 Å². The predicted molar refractivity (Wildman–Crippen MR) is 81.6 cm³/mol. The van der Waals surface area contributed by atoms with Gasteiger partial charge in [0.1, 0.15) is 0 Å². The molecule has 0 unspecified atom stereocenters. The number of carbonyl (C=O) groups is 1. The topological polar surface area (TPSA) is 66.9 Å². The summed E-state index contributed by atoms with van der Waals surface area (Å²) in [4.78, 5) is 26.9. The number of nitrogens with zero attached hydrogens (tertiary/aromatic N) is 1. The van der Waals surface area contributed by atoms with Crippen LogP contribution in [0, 0.1) is 4.77 Å². The van der Waals surface area contributed by atoms with Crippen molar-refractivity contribution < 1.29 is 4.79 Å². The summed E-state index contributed by atoms with van der Waals surface area (Å²) in [6.07, 6.45) is 1.98. The number of H-pyrrole nitrogens is 1. The maximum Gasteiger partial charge on any atom is 0.261 e. The van der Waals surface area contributed by atoms with Crippen molar-refractivity contribution in [3.8, 4) is 0 Å². The van der Waals surface area contributed by atoms with Gasteiger partial charge >= 0.3 is 0 Å². The molecule has 0 fully saturated rings. The molecular weight excluding hydrogens is 274 g/mol. The minimum Gasteiger partial charge on any atom is -0.352 e. The van der Waals surface area contributed by atoms with Crippen molar-refractivity contribution in [3.63, 3.8) is 0 Å². The molecule has 0 saturated carbocycles. The van der Waals surface area contributed by atoms with E-state index in [1.807, 2.05) is 0 Å². The van der Waals surface area contributed by atoms with Crippen molar-refractivity contribution >= 4 is 29.0 Å². The average Bonchev–Trinajstić information content (AvgIpc) is 2.44. The van der Waals surface area contributed by atoms with Crippen LogP contribution >= 0.6 is 12.2 Å². The molecule has 0 aliphatic carbocycles. The molecule has 6 heteroatoms. The number of unbranched alkanes of at least 4 members (excludes halogenated alkanes) is 1. The second kappa shape index (κ2) is 6.00. The molecule has 1 amide bonds. The number of benzene rings is 1. The highest BCUT2D eigenvalue weighted by Gasteiger charge is 2.08. The minimum atomic E-state index is -0.165. The Morgan fingerprint density at radius 3 is 2.90 bits per heavy atom. The fourth-order valence-corrected chi connectivity index (χ4v) is 2.12. The van der Waals surface area contributed by atoms with Gasteiger partial charge in [0.15, 0.2) is 4.77 Å². The number of aromatic amines is 1. The number of rotatable bonds is 4. The second-order valence-electron chi connectivity index (χ2n) is 4.66. The number of carbonyl (C=O) groups excluding carboxylic acids is 1. The first kappa shape index (κ1) is 14.5. The van der Waals surface area contributed by atoms with Gasteiger partial charge in [-0.05, 0) is 36.8 Å². The lowest BCUT2D eigenvalue weighted by Gasteiger charge is -2.06. The van der Waals surface area contributed by atoms with Gasteiger partial charge in [-0.25, -0.2) is 0 Å². The summed E-state index contributed by atoms with van der Waals surface area (Å²) in [5.41, 5.74) is 0.940. The molecule has 0 aliphatic rings. The molecule has 0 radical (unpaired) electrons. The van der Waals surface area contributed by atoms with Crippen LogP contribution < -0.4 is 10.9 Å². The van der Waals surface area contributed by atoms with E-state index >= 15 is 0 Å². The number of fused-ring (bicyclic) bond motifs is 1. The second-order valence-corrected chi connectivity index (χ2v) is 5.05. The van der Waals surface area contributed by atoms with Gasteiger partial charge in [0, 0.05) is 19.2 Å². The molecule has 0 spiro atoms. The first-order valence-corrected chi connectivity index (χ1v) is 6.96. The summed E-state index contributed by atoms with van der Waals surface area (Å²) in [6, 6.07) is 4.97. The zero-order valence-electron chi connectivity index (χ0n) is 11.5. The molecule has 0 bridgehead atoms. The van der Waals surface area contributed by atoms with Crippen LogP contribution in [0.3, 0.4) is 0 Å². The molecule has 0 aliphatic heterocycles. The normalized spacial score (nSPS) is 10.7. The largest absolute Gasteiger partial charge is 0.352 e. The van der Waals surface area contributed by atoms with Gasteiger partial charge < -0.3 is 10.3 Å². The number of hydrogen-bond donors (Lipinski definition) is 2. The first-order chi connectivity index (χ1) is 9.54. The summed E-state index contributed by atoms with van der Waals surface area (Å²) >= 11 is 5.07. The summed E-state index contributed by atoms with van der Waals surface area (Å²) in [6.45, 7) is 2.72. The van der Waals surface area contributed by atoms with Gasteiger partial charge in [0.2, 0.25) is 0 Å². The lowest BCUT2D eigenvalue weighted by atomic mass is 10.1. The zero-order valence-corrected chi connectivity index (χ0v) is 12.3. The first-order valence-electron chi connectivity index (χ1n) is 6.56. The Labute approximate surface area is 121 Å². The highest BCUT2D eigenvalue weighted by atomic mass is 32.1. The maximum absolute atomic E-state index is 12.0. The average molecular weight is 291 g/mol. The van der Waals surface area contributed by atoms with E-state index in [9.17, 15) is 9.59 Å². The molecule has 1 heterocycles. The monoisotopic (exact) mass is 291 g/mol. The van der Waals surface area contributed by atoms with E-state index in [0.717, 1.165) is 12.8 Å². The highest BCUT2D eigenvalue weighted by Crippen LogP contribution is 2.10. The van der Waals surface area contributed by atoms with Crippen LogP contribution in [0.5, 0.6) is 0 Å². The van der Waals surface area contributed by atoms with E-state index in [1.165, 1.54) is 4.57 Å². The van der Waals surface area contributed by atoms with Crippen LogP contribution in [-0.2, 0) is 7.05 Å². The van der Waals surface area contributed by atoms with E-state index in [1.54, 1.807) is 25.2 Å². The molecule has 20 heavy (non-hydrogen) atoms. The van der Waals surface area contributed by atoms with Crippen LogP contribution in [0.4, 0.5) is 0 Å². The van der Waals surface area contributed by atoms with Gasteiger partial charge in [-0.2, -0.15) is 0 Å². The van der Waals surface area contributed by atoms with Crippen LogP contribution in [0.1, 0.15) is 30.1 Å². The summed E-state index contributed by atoms with van der Waals surface area (Å²) in [7, 11) is 1.62. The van der Waals surface area contributed by atoms with Gasteiger partial charge in [-0.1, -0.05) is 13.3 Å². The number of aromatic nitrogens is 2. The van der Waals surface area contributed by atoms with Crippen molar-refractivity contribution in [2.75, 3.05) is 6.54 Å². The molecule has 1 aromatic heterocycles. The molecule has 2 N–H and O–H groups in total. The van der Waals surface area contributed by atoms with Crippen molar-refractivity contribution in [3.05, 3.63) is 38.9 Å². The van der Waals surface area contributed by atoms with Crippen LogP contribution in [0.25, 0.3) is 10.9 Å². The molecule has 2 rings (SSSR count). The highest BCUT2D eigenvalue weighted by molar-refractivity contribution is 7.71. The SMILES string of the molecule is CCCCNC(=O)c1ccc2c(=O)n(C)c(=S)[nH]c2c1. The fourth-order valence-electron chi connectivity index (χ4n) is 1.93. The Hall–Kier alpha value is -1.95. The van der Waals surface area contributed by atoms with E-state index < -0.39 is 0 Å². The molecule has 0 atom stereocenters. The Bertz CT molecular complexity index is 761. The molecule has 0 saturated heterocycles. The third-order valence-electron chi connectivity index (χ3n) is 3.18. The lowest BCUT2D eigenvalue weighted by Crippen LogP contribution is -2.24. The lowest BCUT2D eigenvalue weighted by molar-refractivity contribution is 0.0953. The van der Waals surface area contributed by atoms with E-state index in [4.69, 9.17) is 12.2 Å². The van der Waals surface area contributed by atoms with Gasteiger partial charge in [0.05, 0.1) is 10.9 Å². The Kier molecular flexibility index (Phi) is 4.34. The quantitative estimate of drug-likeness (QED) is 0.670. The number of nitrogens with one attached hydrogen (secondary N) is 2. The van der Waals surface area contributed by atoms with E-state index in [0.29, 0.717) is 27.8 Å². The van der Waals surface area contributed by atoms with Crippen molar-refractivity contribution in [1.82, 2.24) is 14.9 Å². The van der Waals surface area contributed by atoms with Crippen molar-refractivity contribution in [2.45, 2.75) is 19.8 Å². The molecule has 2 aromatic rings. The number of hydrogen-bond acceptors (Lipinski definition) is 3. The smallest absolute Gasteiger partial charge is 0.261 e. The third kappa shape index (κ3) is 2.80. The standard InChI is InChI=1S/C14H17N3O2S/c1-3-4-7-15-12(18)9-5-6-10-11(8-9)16-14(20)17(2)13(10)19/h5-6,8H,3-4,7H2,1-2H3,(H,15,18)(H,16,20). The van der Waals surface area contributed by atoms with E-state index in [-0.39, 0.29) is 11.5 Å². The predicted octanol–water partition coefficient (Wildman–Crippen LogP) is 2.13. The van der Waals surface area contributed by atoms with Crippen LogP contribution in [0.15, 0.2) is 23.0 Å². The Morgan fingerprint density at radius 2 is 2.20 bits per heavy atom.